The molecule has 2 saturated heterocycles. The zero-order valence-electron chi connectivity index (χ0n) is 11.1. The van der Waals surface area contributed by atoms with Crippen LogP contribution in [0.5, 0.6) is 0 Å². The van der Waals surface area contributed by atoms with Crippen LogP contribution in [-0.2, 0) is 6.54 Å². The number of nitrogens with two attached hydrogens (primary N) is 1. The van der Waals surface area contributed by atoms with Crippen LogP contribution in [0.1, 0.15) is 28.8 Å². The lowest BCUT2D eigenvalue weighted by Crippen LogP contribution is -2.43. The molecule has 0 spiro atoms. The third kappa shape index (κ3) is 2.80. The number of nitrogens with one attached hydrogen (secondary N) is 1. The number of carbonyl (C=O) groups is 1. The van der Waals surface area contributed by atoms with E-state index in [-0.39, 0.29) is 5.91 Å². The van der Waals surface area contributed by atoms with Gasteiger partial charge in [-0.1, -0.05) is 12.1 Å². The lowest BCUT2D eigenvalue weighted by atomic mass is 9.94. The van der Waals surface area contributed by atoms with Crippen LogP contribution in [0.2, 0.25) is 0 Å². The fraction of sp³-hybridized carbons (Fsp3) is 0.533. The highest BCUT2D eigenvalue weighted by Crippen LogP contribution is 2.27. The standard InChI is InChI=1S/C15H21N3O/c16-15(19)12-3-1-2-11(8-12)9-17-14-5-7-18-6-4-13(14)10-18/h1-3,8,13-14,17H,4-7,9-10H2,(H2,16,19). The zero-order chi connectivity index (χ0) is 13.2. The minimum Gasteiger partial charge on any atom is -0.366 e. The van der Waals surface area contributed by atoms with Gasteiger partial charge in [0.25, 0.3) is 0 Å². The van der Waals surface area contributed by atoms with E-state index in [1.807, 2.05) is 18.2 Å². The number of nitrogens with zero attached hydrogens (tertiary/aromatic N) is 1. The van der Waals surface area contributed by atoms with Crippen molar-refractivity contribution in [1.82, 2.24) is 10.2 Å². The van der Waals surface area contributed by atoms with Gasteiger partial charge in [0.05, 0.1) is 0 Å². The normalized spacial score (nSPS) is 29.4. The van der Waals surface area contributed by atoms with Crippen molar-refractivity contribution in [1.29, 1.82) is 0 Å². The maximum absolute atomic E-state index is 11.2. The molecule has 4 heteroatoms. The minimum atomic E-state index is -0.356. The quantitative estimate of drug-likeness (QED) is 0.847. The van der Waals surface area contributed by atoms with Crippen molar-refractivity contribution >= 4 is 5.91 Å². The summed E-state index contributed by atoms with van der Waals surface area (Å²) in [5.41, 5.74) is 7.03. The van der Waals surface area contributed by atoms with E-state index in [0.717, 1.165) is 18.0 Å². The summed E-state index contributed by atoms with van der Waals surface area (Å²) in [5.74, 6) is 0.444. The fourth-order valence-corrected chi connectivity index (χ4v) is 3.30. The van der Waals surface area contributed by atoms with E-state index in [0.29, 0.717) is 11.6 Å². The first-order valence-corrected chi connectivity index (χ1v) is 7.07. The lowest BCUT2D eigenvalue weighted by molar-refractivity contribution is 0.1000. The second-order valence-electron chi connectivity index (χ2n) is 5.69. The average molecular weight is 259 g/mol. The highest BCUT2D eigenvalue weighted by Gasteiger charge is 2.33. The molecule has 0 saturated carbocycles. The Morgan fingerprint density at radius 1 is 1.37 bits per heavy atom. The largest absolute Gasteiger partial charge is 0.366 e. The predicted octanol–water partition coefficient (Wildman–Crippen LogP) is 0.969. The molecule has 2 aliphatic heterocycles. The Labute approximate surface area is 114 Å². The summed E-state index contributed by atoms with van der Waals surface area (Å²) in [5, 5.41) is 3.65. The van der Waals surface area contributed by atoms with Gasteiger partial charge in [-0.05, 0) is 49.5 Å². The molecule has 3 atom stereocenters. The number of amides is 1. The van der Waals surface area contributed by atoms with Crippen molar-refractivity contribution in [3.8, 4) is 0 Å². The predicted molar refractivity (Wildman–Crippen MR) is 74.8 cm³/mol. The molecule has 3 N–H and O–H groups in total. The first-order valence-electron chi connectivity index (χ1n) is 7.07. The molecule has 4 nitrogen and oxygen atoms in total. The molecule has 3 unspecified atom stereocenters. The molecule has 0 aliphatic carbocycles. The van der Waals surface area contributed by atoms with Crippen molar-refractivity contribution in [2.45, 2.75) is 25.4 Å². The minimum absolute atomic E-state index is 0.356. The van der Waals surface area contributed by atoms with Gasteiger partial charge < -0.3 is 16.0 Å². The monoisotopic (exact) mass is 259 g/mol. The van der Waals surface area contributed by atoms with Crippen LogP contribution in [0.3, 0.4) is 0 Å². The second-order valence-corrected chi connectivity index (χ2v) is 5.69. The van der Waals surface area contributed by atoms with Gasteiger partial charge >= 0.3 is 0 Å². The molecule has 0 radical (unpaired) electrons. The summed E-state index contributed by atoms with van der Waals surface area (Å²) >= 11 is 0. The van der Waals surface area contributed by atoms with Crippen LogP contribution in [0.15, 0.2) is 24.3 Å². The van der Waals surface area contributed by atoms with E-state index >= 15 is 0 Å². The number of hydrogen-bond acceptors (Lipinski definition) is 3. The third-order valence-corrected chi connectivity index (χ3v) is 4.41. The number of benzene rings is 1. The number of fused-ring (bicyclic) bond motifs is 2. The van der Waals surface area contributed by atoms with Gasteiger partial charge in [-0.2, -0.15) is 0 Å². The summed E-state index contributed by atoms with van der Waals surface area (Å²) < 4.78 is 0. The molecular weight excluding hydrogens is 238 g/mol. The van der Waals surface area contributed by atoms with Crippen LogP contribution in [-0.4, -0.2) is 36.5 Å². The third-order valence-electron chi connectivity index (χ3n) is 4.41. The summed E-state index contributed by atoms with van der Waals surface area (Å²) in [4.78, 5) is 13.7. The Bertz CT molecular complexity index is 474. The van der Waals surface area contributed by atoms with Crippen molar-refractivity contribution in [2.75, 3.05) is 19.6 Å². The first kappa shape index (κ1) is 12.6. The van der Waals surface area contributed by atoms with Crippen LogP contribution in [0.25, 0.3) is 0 Å². The molecule has 0 aromatic heterocycles. The molecule has 2 bridgehead atoms. The van der Waals surface area contributed by atoms with E-state index in [1.165, 1.54) is 32.5 Å². The molecule has 1 aromatic rings. The molecule has 3 rings (SSSR count). The van der Waals surface area contributed by atoms with Crippen molar-refractivity contribution in [3.63, 3.8) is 0 Å². The maximum Gasteiger partial charge on any atom is 0.248 e. The highest BCUT2D eigenvalue weighted by molar-refractivity contribution is 5.92. The van der Waals surface area contributed by atoms with Gasteiger partial charge in [-0.3, -0.25) is 4.79 Å². The topological polar surface area (TPSA) is 58.4 Å². The smallest absolute Gasteiger partial charge is 0.248 e. The van der Waals surface area contributed by atoms with Crippen molar-refractivity contribution in [3.05, 3.63) is 35.4 Å². The van der Waals surface area contributed by atoms with Gasteiger partial charge in [-0.25, -0.2) is 0 Å². The Balaban J connectivity index is 1.60. The second kappa shape index (κ2) is 5.31. The van der Waals surface area contributed by atoms with Crippen LogP contribution >= 0.6 is 0 Å². The number of hydrogen-bond donors (Lipinski definition) is 2. The molecular formula is C15H21N3O. The number of rotatable bonds is 4. The van der Waals surface area contributed by atoms with Gasteiger partial charge in [0, 0.05) is 24.7 Å². The van der Waals surface area contributed by atoms with Crippen LogP contribution in [0.4, 0.5) is 0 Å². The molecule has 102 valence electrons. The number of carbonyl (C=O) groups excluding carboxylic acids is 1. The zero-order valence-corrected chi connectivity index (χ0v) is 11.1. The molecule has 1 amide bonds. The Morgan fingerprint density at radius 2 is 2.21 bits per heavy atom. The van der Waals surface area contributed by atoms with E-state index in [4.69, 9.17) is 5.73 Å². The summed E-state index contributed by atoms with van der Waals surface area (Å²) in [6, 6.07) is 8.22. The Morgan fingerprint density at radius 3 is 3.05 bits per heavy atom. The number of piperidine rings is 1. The fourth-order valence-electron chi connectivity index (χ4n) is 3.30. The molecule has 2 fully saturated rings. The van der Waals surface area contributed by atoms with Crippen LogP contribution < -0.4 is 11.1 Å². The lowest BCUT2D eigenvalue weighted by Gasteiger charge is -2.31. The van der Waals surface area contributed by atoms with E-state index in [1.54, 1.807) is 6.07 Å². The Kier molecular flexibility index (Phi) is 3.53. The summed E-state index contributed by atoms with van der Waals surface area (Å²) in [7, 11) is 0. The van der Waals surface area contributed by atoms with Crippen molar-refractivity contribution < 1.29 is 4.79 Å². The van der Waals surface area contributed by atoms with Gasteiger partial charge in [-0.15, -0.1) is 0 Å². The van der Waals surface area contributed by atoms with Gasteiger partial charge in [0.2, 0.25) is 5.91 Å². The van der Waals surface area contributed by atoms with Crippen molar-refractivity contribution in [2.24, 2.45) is 11.7 Å². The molecule has 19 heavy (non-hydrogen) atoms. The highest BCUT2D eigenvalue weighted by atomic mass is 16.1. The van der Waals surface area contributed by atoms with E-state index in [9.17, 15) is 4.79 Å². The summed E-state index contributed by atoms with van der Waals surface area (Å²) in [6.45, 7) is 4.55. The molecule has 2 heterocycles. The SMILES string of the molecule is NC(=O)c1cccc(CNC2CCN3CCC2C3)c1. The average Bonchev–Trinajstić information content (AvgIpc) is 2.81. The maximum atomic E-state index is 11.2. The number of primary amides is 1. The van der Waals surface area contributed by atoms with Gasteiger partial charge in [0.15, 0.2) is 0 Å². The van der Waals surface area contributed by atoms with E-state index < -0.39 is 0 Å². The molecule has 1 aromatic carbocycles. The molecule has 2 aliphatic rings. The van der Waals surface area contributed by atoms with E-state index in [2.05, 4.69) is 10.2 Å². The van der Waals surface area contributed by atoms with Gasteiger partial charge in [0.1, 0.15) is 0 Å². The van der Waals surface area contributed by atoms with Crippen LogP contribution in [0, 0.1) is 5.92 Å². The summed E-state index contributed by atoms with van der Waals surface area (Å²) in [6.07, 6.45) is 2.55. The Hall–Kier alpha value is -1.39. The first-order chi connectivity index (χ1) is 9.22.